The van der Waals surface area contributed by atoms with Crippen LogP contribution >= 0.6 is 0 Å². The molecule has 4 aliphatic rings. The molecule has 186 valence electrons. The van der Waals surface area contributed by atoms with Gasteiger partial charge in [0.1, 0.15) is 0 Å². The van der Waals surface area contributed by atoms with Crippen molar-refractivity contribution in [1.29, 1.82) is 0 Å². The number of esters is 1. The molecule has 4 nitrogen and oxygen atoms in total. The Bertz CT molecular complexity index is 827. The van der Waals surface area contributed by atoms with Crippen molar-refractivity contribution in [2.45, 2.75) is 118 Å². The number of ether oxygens (including phenoxy) is 1. The van der Waals surface area contributed by atoms with E-state index < -0.39 is 17.2 Å². The number of fused-ring (bicyclic) bond motifs is 4. The summed E-state index contributed by atoms with van der Waals surface area (Å²) in [4.78, 5) is 25.6. The molecule has 2 saturated carbocycles. The standard InChI is InChI=1S/C29H46O4/c1-18(2)8-7-9-19(3)23-12-13-24-22-11-10-21-14-15-29(32,33-20(4)30)17-28(21,6)26(22)25(31)16-27(23,24)5/h18-19,21,23-24,32H,7-17H2,1-6H3/t19-,21?,23-,24+,27-,28+,29-/m1/s1. The first-order valence-corrected chi connectivity index (χ1v) is 13.6. The average Bonchev–Trinajstić information content (AvgIpc) is 3.02. The van der Waals surface area contributed by atoms with Gasteiger partial charge in [-0.1, -0.05) is 59.5 Å². The van der Waals surface area contributed by atoms with Crippen LogP contribution in [0.1, 0.15) is 112 Å². The van der Waals surface area contributed by atoms with Crippen LogP contribution in [-0.2, 0) is 14.3 Å². The predicted molar refractivity (Wildman–Crippen MR) is 130 cm³/mol. The van der Waals surface area contributed by atoms with E-state index >= 15 is 0 Å². The Balaban J connectivity index is 1.61. The van der Waals surface area contributed by atoms with E-state index in [1.54, 1.807) is 0 Å². The van der Waals surface area contributed by atoms with E-state index in [0.717, 1.165) is 30.8 Å². The van der Waals surface area contributed by atoms with Crippen LogP contribution in [0.15, 0.2) is 11.1 Å². The average molecular weight is 459 g/mol. The van der Waals surface area contributed by atoms with Crippen LogP contribution in [0, 0.1) is 40.4 Å². The van der Waals surface area contributed by atoms with E-state index in [1.807, 2.05) is 0 Å². The van der Waals surface area contributed by atoms with Crippen molar-refractivity contribution >= 4 is 11.8 Å². The van der Waals surface area contributed by atoms with E-state index in [0.29, 0.717) is 48.7 Å². The molecule has 4 aliphatic carbocycles. The summed E-state index contributed by atoms with van der Waals surface area (Å²) in [5.74, 6) is 1.31. The molecule has 7 atom stereocenters. The summed E-state index contributed by atoms with van der Waals surface area (Å²) in [5, 5.41) is 11.1. The van der Waals surface area contributed by atoms with E-state index in [9.17, 15) is 14.7 Å². The molecule has 0 saturated heterocycles. The molecular weight excluding hydrogens is 412 g/mol. The van der Waals surface area contributed by atoms with Crippen LogP contribution < -0.4 is 0 Å². The van der Waals surface area contributed by atoms with Crippen molar-refractivity contribution in [2.75, 3.05) is 0 Å². The number of ketones is 1. The fourth-order valence-electron chi connectivity index (χ4n) is 8.81. The molecule has 0 spiro atoms. The Labute approximate surface area is 200 Å². The summed E-state index contributed by atoms with van der Waals surface area (Å²) in [5.41, 5.74) is 2.09. The van der Waals surface area contributed by atoms with Gasteiger partial charge in [0.05, 0.1) is 0 Å². The van der Waals surface area contributed by atoms with Gasteiger partial charge in [0.2, 0.25) is 5.79 Å². The third-order valence-corrected chi connectivity index (χ3v) is 10.2. The Morgan fingerprint density at radius 1 is 1.12 bits per heavy atom. The van der Waals surface area contributed by atoms with Crippen molar-refractivity contribution in [2.24, 2.45) is 40.4 Å². The Kier molecular flexibility index (Phi) is 6.66. The molecule has 2 fully saturated rings. The van der Waals surface area contributed by atoms with Gasteiger partial charge in [0.25, 0.3) is 0 Å². The predicted octanol–water partition coefficient (Wildman–Crippen LogP) is 6.60. The zero-order valence-electron chi connectivity index (χ0n) is 21.8. The Morgan fingerprint density at radius 2 is 1.85 bits per heavy atom. The molecule has 0 heterocycles. The Morgan fingerprint density at radius 3 is 2.52 bits per heavy atom. The van der Waals surface area contributed by atoms with Crippen molar-refractivity contribution in [3.8, 4) is 0 Å². The van der Waals surface area contributed by atoms with Gasteiger partial charge in [-0.2, -0.15) is 0 Å². The van der Waals surface area contributed by atoms with Crippen LogP contribution in [0.3, 0.4) is 0 Å². The zero-order valence-corrected chi connectivity index (χ0v) is 21.8. The number of carbonyl (C=O) groups excluding carboxylic acids is 2. The lowest BCUT2D eigenvalue weighted by molar-refractivity contribution is -0.236. The fraction of sp³-hybridized carbons (Fsp3) is 0.862. The first-order valence-electron chi connectivity index (χ1n) is 13.6. The fourth-order valence-corrected chi connectivity index (χ4v) is 8.81. The van der Waals surface area contributed by atoms with Gasteiger partial charge in [0, 0.05) is 37.2 Å². The lowest BCUT2D eigenvalue weighted by Crippen LogP contribution is -2.53. The van der Waals surface area contributed by atoms with Crippen LogP contribution in [0.2, 0.25) is 0 Å². The second-order valence-electron chi connectivity index (χ2n) is 13.0. The normalized spacial score (nSPS) is 41.5. The molecule has 0 aromatic heterocycles. The van der Waals surface area contributed by atoms with Crippen molar-refractivity contribution in [1.82, 2.24) is 0 Å². The van der Waals surface area contributed by atoms with Crippen LogP contribution in [0.5, 0.6) is 0 Å². The molecule has 0 radical (unpaired) electrons. The maximum absolute atomic E-state index is 13.9. The van der Waals surface area contributed by atoms with Crippen molar-refractivity contribution in [3.63, 3.8) is 0 Å². The summed E-state index contributed by atoms with van der Waals surface area (Å²) in [6.07, 6.45) is 10.6. The molecule has 1 unspecified atom stereocenters. The summed E-state index contributed by atoms with van der Waals surface area (Å²) in [7, 11) is 0. The number of allylic oxidation sites excluding steroid dienone is 2. The molecule has 4 rings (SSSR count). The quantitative estimate of drug-likeness (QED) is 0.360. The largest absolute Gasteiger partial charge is 0.433 e. The van der Waals surface area contributed by atoms with Gasteiger partial charge < -0.3 is 9.84 Å². The SMILES string of the molecule is CC(=O)O[C@]1(O)CCC2CCC3=C(C(=O)C[C@]4(C)[C@@H]([C@H](C)CCCC(C)C)CC[C@@H]34)[C@@]2(C)C1. The first kappa shape index (κ1) is 24.9. The number of rotatable bonds is 6. The summed E-state index contributed by atoms with van der Waals surface area (Å²) >= 11 is 0. The molecule has 0 bridgehead atoms. The number of aliphatic hydroxyl groups is 1. The van der Waals surface area contributed by atoms with Gasteiger partial charge in [0.15, 0.2) is 5.78 Å². The van der Waals surface area contributed by atoms with Crippen molar-refractivity contribution < 1.29 is 19.4 Å². The number of Topliss-reactive ketones (excluding diaryl/α,β-unsaturated/α-hetero) is 1. The molecule has 0 aromatic carbocycles. The lowest BCUT2D eigenvalue weighted by Gasteiger charge is -2.55. The highest BCUT2D eigenvalue weighted by Gasteiger charge is 2.60. The third kappa shape index (κ3) is 4.34. The first-order chi connectivity index (χ1) is 15.4. The highest BCUT2D eigenvalue weighted by Crippen LogP contribution is 2.65. The van der Waals surface area contributed by atoms with Gasteiger partial charge in [-0.25, -0.2) is 0 Å². The minimum absolute atomic E-state index is 0.0667. The van der Waals surface area contributed by atoms with Gasteiger partial charge >= 0.3 is 5.97 Å². The molecule has 1 N–H and O–H groups in total. The van der Waals surface area contributed by atoms with E-state index in [-0.39, 0.29) is 5.41 Å². The minimum atomic E-state index is -1.45. The maximum atomic E-state index is 13.9. The third-order valence-electron chi connectivity index (χ3n) is 10.2. The van der Waals surface area contributed by atoms with Crippen LogP contribution in [-0.4, -0.2) is 22.6 Å². The minimum Gasteiger partial charge on any atom is -0.433 e. The number of carbonyl (C=O) groups is 2. The lowest BCUT2D eigenvalue weighted by atomic mass is 9.49. The van der Waals surface area contributed by atoms with Crippen LogP contribution in [0.25, 0.3) is 0 Å². The van der Waals surface area contributed by atoms with Crippen LogP contribution in [0.4, 0.5) is 0 Å². The summed E-state index contributed by atoms with van der Waals surface area (Å²) in [6.45, 7) is 13.0. The molecule has 0 aromatic rings. The highest BCUT2D eigenvalue weighted by atomic mass is 16.7. The maximum Gasteiger partial charge on any atom is 0.305 e. The van der Waals surface area contributed by atoms with Crippen molar-refractivity contribution in [3.05, 3.63) is 11.1 Å². The van der Waals surface area contributed by atoms with Gasteiger partial charge in [-0.3, -0.25) is 9.59 Å². The number of hydrogen-bond donors (Lipinski definition) is 1. The highest BCUT2D eigenvalue weighted by molar-refractivity contribution is 5.99. The second-order valence-corrected chi connectivity index (χ2v) is 13.0. The van der Waals surface area contributed by atoms with E-state index in [1.165, 1.54) is 44.6 Å². The molecule has 0 aliphatic heterocycles. The topological polar surface area (TPSA) is 63.6 Å². The monoisotopic (exact) mass is 458 g/mol. The zero-order chi connectivity index (χ0) is 24.2. The molecule has 33 heavy (non-hydrogen) atoms. The number of hydrogen-bond acceptors (Lipinski definition) is 4. The molecule has 0 amide bonds. The molecular formula is C29H46O4. The second kappa shape index (κ2) is 8.81. The smallest absolute Gasteiger partial charge is 0.305 e. The summed E-state index contributed by atoms with van der Waals surface area (Å²) in [6, 6.07) is 0. The van der Waals surface area contributed by atoms with Gasteiger partial charge in [-0.15, -0.1) is 0 Å². The van der Waals surface area contributed by atoms with E-state index in [4.69, 9.17) is 4.74 Å². The summed E-state index contributed by atoms with van der Waals surface area (Å²) < 4.78 is 5.40. The van der Waals surface area contributed by atoms with Gasteiger partial charge in [-0.05, 0) is 67.1 Å². The molecule has 4 heteroatoms. The Hall–Kier alpha value is -1.16. The van der Waals surface area contributed by atoms with E-state index in [2.05, 4.69) is 34.6 Å².